The Morgan fingerprint density at radius 3 is 2.80 bits per heavy atom. The molecule has 0 saturated heterocycles. The Labute approximate surface area is 59.9 Å². The molecule has 0 unspecified atom stereocenters. The number of rotatable bonds is 2. The standard InChI is InChI=1S/C8H7NO/c1-2-7-10-8-3-5-9-6-4-8/h1,3-6H,7H2. The van der Waals surface area contributed by atoms with Crippen molar-refractivity contribution in [3.63, 3.8) is 0 Å². The zero-order chi connectivity index (χ0) is 7.23. The van der Waals surface area contributed by atoms with Crippen LogP contribution in [0.4, 0.5) is 0 Å². The molecule has 0 saturated carbocycles. The third-order valence-electron chi connectivity index (χ3n) is 0.972. The summed E-state index contributed by atoms with van der Waals surface area (Å²) in [6.45, 7) is 0.310. The Kier molecular flexibility index (Phi) is 2.33. The van der Waals surface area contributed by atoms with Crippen molar-refractivity contribution in [3.8, 4) is 18.1 Å². The van der Waals surface area contributed by atoms with Gasteiger partial charge in [0.2, 0.25) is 0 Å². The van der Waals surface area contributed by atoms with Gasteiger partial charge in [-0.25, -0.2) is 0 Å². The van der Waals surface area contributed by atoms with E-state index in [1.807, 2.05) is 0 Å². The van der Waals surface area contributed by atoms with Crippen LogP contribution in [0.3, 0.4) is 0 Å². The fourth-order valence-corrected chi connectivity index (χ4v) is 0.559. The average molecular weight is 133 g/mol. The number of aromatic nitrogens is 1. The highest BCUT2D eigenvalue weighted by molar-refractivity contribution is 5.17. The minimum atomic E-state index is 0.310. The van der Waals surface area contributed by atoms with Crippen molar-refractivity contribution >= 4 is 0 Å². The highest BCUT2D eigenvalue weighted by Crippen LogP contribution is 2.05. The van der Waals surface area contributed by atoms with E-state index in [1.165, 1.54) is 0 Å². The monoisotopic (exact) mass is 133 g/mol. The number of hydrogen-bond donors (Lipinski definition) is 0. The molecule has 0 aliphatic rings. The Hall–Kier alpha value is -1.49. The van der Waals surface area contributed by atoms with Crippen LogP contribution in [0.5, 0.6) is 5.75 Å². The van der Waals surface area contributed by atoms with Crippen molar-refractivity contribution in [2.75, 3.05) is 6.61 Å². The van der Waals surface area contributed by atoms with Crippen LogP contribution in [0, 0.1) is 12.3 Å². The third-order valence-corrected chi connectivity index (χ3v) is 0.972. The molecule has 0 bridgehead atoms. The van der Waals surface area contributed by atoms with Crippen molar-refractivity contribution < 1.29 is 4.74 Å². The van der Waals surface area contributed by atoms with Gasteiger partial charge < -0.3 is 4.74 Å². The van der Waals surface area contributed by atoms with Crippen molar-refractivity contribution in [1.29, 1.82) is 0 Å². The number of pyridine rings is 1. The predicted molar refractivity (Wildman–Crippen MR) is 38.6 cm³/mol. The third kappa shape index (κ3) is 1.79. The number of hydrogen-bond acceptors (Lipinski definition) is 2. The summed E-state index contributed by atoms with van der Waals surface area (Å²) >= 11 is 0. The molecule has 0 N–H and O–H groups in total. The maximum Gasteiger partial charge on any atom is 0.148 e. The Morgan fingerprint density at radius 1 is 1.50 bits per heavy atom. The maximum absolute atomic E-state index is 5.08. The zero-order valence-electron chi connectivity index (χ0n) is 5.45. The van der Waals surface area contributed by atoms with Crippen LogP contribution in [0.1, 0.15) is 0 Å². The summed E-state index contributed by atoms with van der Waals surface area (Å²) in [5.74, 6) is 3.13. The highest BCUT2D eigenvalue weighted by Gasteiger charge is 1.85. The van der Waals surface area contributed by atoms with Gasteiger partial charge in [-0.05, 0) is 12.1 Å². The second-order valence-corrected chi connectivity index (χ2v) is 1.68. The summed E-state index contributed by atoms with van der Waals surface area (Å²) in [5, 5.41) is 0. The summed E-state index contributed by atoms with van der Waals surface area (Å²) in [7, 11) is 0. The molecule has 0 spiro atoms. The van der Waals surface area contributed by atoms with Crippen molar-refractivity contribution in [2.45, 2.75) is 0 Å². The van der Waals surface area contributed by atoms with E-state index in [9.17, 15) is 0 Å². The van der Waals surface area contributed by atoms with E-state index in [1.54, 1.807) is 24.5 Å². The molecule has 1 heterocycles. The summed E-state index contributed by atoms with van der Waals surface area (Å²) in [5.41, 5.74) is 0. The van der Waals surface area contributed by atoms with Gasteiger partial charge in [-0.2, -0.15) is 0 Å². The molecule has 0 aliphatic heterocycles. The Bertz CT molecular complexity index is 225. The van der Waals surface area contributed by atoms with Gasteiger partial charge in [-0.15, -0.1) is 6.42 Å². The Balaban J connectivity index is 2.52. The molecule has 1 aromatic heterocycles. The maximum atomic E-state index is 5.08. The lowest BCUT2D eigenvalue weighted by Crippen LogP contribution is -1.92. The number of ether oxygens (including phenoxy) is 1. The molecular weight excluding hydrogens is 126 g/mol. The summed E-state index contributed by atoms with van der Waals surface area (Å²) in [6, 6.07) is 3.52. The van der Waals surface area contributed by atoms with Crippen molar-refractivity contribution in [3.05, 3.63) is 24.5 Å². The topological polar surface area (TPSA) is 22.1 Å². The zero-order valence-corrected chi connectivity index (χ0v) is 5.45. The summed E-state index contributed by atoms with van der Waals surface area (Å²) in [4.78, 5) is 3.82. The summed E-state index contributed by atoms with van der Waals surface area (Å²) in [6.07, 6.45) is 8.30. The fourth-order valence-electron chi connectivity index (χ4n) is 0.559. The normalized spacial score (nSPS) is 8.30. The molecule has 0 aromatic carbocycles. The molecule has 0 amide bonds. The van der Waals surface area contributed by atoms with Crippen LogP contribution >= 0.6 is 0 Å². The Morgan fingerprint density at radius 2 is 2.20 bits per heavy atom. The fraction of sp³-hybridized carbons (Fsp3) is 0.125. The van der Waals surface area contributed by atoms with Gasteiger partial charge >= 0.3 is 0 Å². The molecule has 0 radical (unpaired) electrons. The molecule has 0 aliphatic carbocycles. The molecule has 2 nitrogen and oxygen atoms in total. The second kappa shape index (κ2) is 3.52. The predicted octanol–water partition coefficient (Wildman–Crippen LogP) is 1.09. The molecule has 10 heavy (non-hydrogen) atoms. The lowest BCUT2D eigenvalue weighted by Gasteiger charge is -1.98. The van der Waals surface area contributed by atoms with Crippen LogP contribution in [-0.2, 0) is 0 Å². The van der Waals surface area contributed by atoms with E-state index in [0.29, 0.717) is 6.61 Å². The first-order chi connectivity index (χ1) is 4.93. The highest BCUT2D eigenvalue weighted by atomic mass is 16.5. The van der Waals surface area contributed by atoms with E-state index in [4.69, 9.17) is 11.2 Å². The van der Waals surface area contributed by atoms with E-state index in [-0.39, 0.29) is 0 Å². The average Bonchev–Trinajstić information content (AvgIpc) is 2.03. The largest absolute Gasteiger partial charge is 0.481 e. The minimum Gasteiger partial charge on any atom is -0.481 e. The van der Waals surface area contributed by atoms with Gasteiger partial charge in [0.1, 0.15) is 12.4 Å². The van der Waals surface area contributed by atoms with E-state index < -0.39 is 0 Å². The first kappa shape index (κ1) is 6.63. The van der Waals surface area contributed by atoms with Crippen LogP contribution in [0.15, 0.2) is 24.5 Å². The van der Waals surface area contributed by atoms with Gasteiger partial charge in [0, 0.05) is 12.4 Å². The van der Waals surface area contributed by atoms with Crippen molar-refractivity contribution in [1.82, 2.24) is 4.98 Å². The van der Waals surface area contributed by atoms with Crippen LogP contribution in [0.2, 0.25) is 0 Å². The smallest absolute Gasteiger partial charge is 0.148 e. The van der Waals surface area contributed by atoms with E-state index in [2.05, 4.69) is 10.9 Å². The molecule has 0 fully saturated rings. The quantitative estimate of drug-likeness (QED) is 0.563. The lowest BCUT2D eigenvalue weighted by atomic mass is 10.4. The molecule has 1 rings (SSSR count). The van der Waals surface area contributed by atoms with Crippen LogP contribution in [0.25, 0.3) is 0 Å². The number of nitrogens with zero attached hydrogens (tertiary/aromatic N) is 1. The molecule has 50 valence electrons. The van der Waals surface area contributed by atoms with Gasteiger partial charge in [0.15, 0.2) is 0 Å². The second-order valence-electron chi connectivity index (χ2n) is 1.68. The van der Waals surface area contributed by atoms with Crippen LogP contribution < -0.4 is 4.74 Å². The van der Waals surface area contributed by atoms with Gasteiger partial charge in [-0.3, -0.25) is 4.98 Å². The minimum absolute atomic E-state index is 0.310. The molecular formula is C8H7NO. The molecule has 1 aromatic rings. The number of terminal acetylenes is 1. The molecule has 0 atom stereocenters. The summed E-state index contributed by atoms with van der Waals surface area (Å²) < 4.78 is 5.08. The molecule has 2 heteroatoms. The van der Waals surface area contributed by atoms with Gasteiger partial charge in [0.05, 0.1) is 0 Å². The van der Waals surface area contributed by atoms with E-state index in [0.717, 1.165) is 5.75 Å². The van der Waals surface area contributed by atoms with Crippen molar-refractivity contribution in [2.24, 2.45) is 0 Å². The first-order valence-electron chi connectivity index (χ1n) is 2.90. The van der Waals surface area contributed by atoms with Crippen LogP contribution in [-0.4, -0.2) is 11.6 Å². The SMILES string of the molecule is C#CCOc1ccncc1. The van der Waals surface area contributed by atoms with E-state index >= 15 is 0 Å². The first-order valence-corrected chi connectivity index (χ1v) is 2.90. The lowest BCUT2D eigenvalue weighted by molar-refractivity contribution is 0.370. The van der Waals surface area contributed by atoms with Gasteiger partial charge in [0.25, 0.3) is 0 Å². The van der Waals surface area contributed by atoms with Gasteiger partial charge in [-0.1, -0.05) is 5.92 Å².